The first-order valence-corrected chi connectivity index (χ1v) is 7.66. The number of nitrogens with zero attached hydrogens (tertiary/aromatic N) is 1. The van der Waals surface area contributed by atoms with Crippen molar-refractivity contribution in [1.82, 2.24) is 21.0 Å². The molecule has 126 valence electrons. The van der Waals surface area contributed by atoms with E-state index in [0.29, 0.717) is 35.7 Å². The van der Waals surface area contributed by atoms with Gasteiger partial charge in [0, 0.05) is 10.9 Å². The number of rotatable bonds is 2. The number of aromatic nitrogens is 2. The van der Waals surface area contributed by atoms with Crippen LogP contribution in [0.15, 0.2) is 42.5 Å². The van der Waals surface area contributed by atoms with Crippen LogP contribution in [0.2, 0.25) is 0 Å². The minimum absolute atomic E-state index is 0.207. The molecule has 0 saturated carbocycles. The van der Waals surface area contributed by atoms with Crippen LogP contribution in [0.1, 0.15) is 20.8 Å². The number of aromatic amines is 1. The first-order chi connectivity index (χ1) is 12.2. The fourth-order valence-corrected chi connectivity index (χ4v) is 2.57. The van der Waals surface area contributed by atoms with Gasteiger partial charge < -0.3 is 9.47 Å². The van der Waals surface area contributed by atoms with E-state index in [-0.39, 0.29) is 5.69 Å². The molecule has 0 radical (unpaired) electrons. The van der Waals surface area contributed by atoms with Gasteiger partial charge in [0.1, 0.15) is 13.2 Å². The first-order valence-electron chi connectivity index (χ1n) is 7.66. The van der Waals surface area contributed by atoms with Crippen LogP contribution in [0, 0.1) is 0 Å². The molecule has 3 aromatic rings. The molecule has 0 aliphatic carbocycles. The summed E-state index contributed by atoms with van der Waals surface area (Å²) in [6.45, 7) is 0.910. The molecule has 25 heavy (non-hydrogen) atoms. The van der Waals surface area contributed by atoms with Gasteiger partial charge in [-0.1, -0.05) is 18.2 Å². The van der Waals surface area contributed by atoms with Gasteiger partial charge in [0.15, 0.2) is 17.2 Å². The number of H-pyrrole nitrogens is 1. The molecule has 0 atom stereocenters. The Kier molecular flexibility index (Phi) is 3.70. The van der Waals surface area contributed by atoms with Crippen molar-refractivity contribution in [1.29, 1.82) is 0 Å². The lowest BCUT2D eigenvalue weighted by molar-refractivity contribution is 0.0844. The topological polar surface area (TPSA) is 105 Å². The van der Waals surface area contributed by atoms with Gasteiger partial charge in [-0.2, -0.15) is 5.10 Å². The number of hydrazine groups is 1. The number of hydrogen-bond donors (Lipinski definition) is 3. The second kappa shape index (κ2) is 6.16. The number of para-hydroxylation sites is 1. The lowest BCUT2D eigenvalue weighted by Crippen LogP contribution is -2.41. The molecule has 0 saturated heterocycles. The highest BCUT2D eigenvalue weighted by Crippen LogP contribution is 2.30. The molecule has 2 aromatic carbocycles. The maximum Gasteiger partial charge on any atom is 0.290 e. The van der Waals surface area contributed by atoms with Crippen molar-refractivity contribution in [3.63, 3.8) is 0 Å². The predicted octanol–water partition coefficient (Wildman–Crippen LogP) is 1.41. The zero-order valence-corrected chi connectivity index (χ0v) is 13.0. The Hall–Kier alpha value is -3.55. The zero-order chi connectivity index (χ0) is 17.2. The molecule has 3 N–H and O–H groups in total. The SMILES string of the molecule is O=C(NNC(=O)c1n[nH]c2ccccc12)c1ccc2c(c1)OCCO2. The predicted molar refractivity (Wildman–Crippen MR) is 88.5 cm³/mol. The van der Waals surface area contributed by atoms with Gasteiger partial charge in [-0.15, -0.1) is 0 Å². The average molecular weight is 338 g/mol. The van der Waals surface area contributed by atoms with E-state index in [0.717, 1.165) is 5.52 Å². The van der Waals surface area contributed by atoms with Crippen LogP contribution in [0.3, 0.4) is 0 Å². The normalized spacial score (nSPS) is 12.6. The third-order valence-electron chi connectivity index (χ3n) is 3.78. The highest BCUT2D eigenvalue weighted by atomic mass is 16.6. The summed E-state index contributed by atoms with van der Waals surface area (Å²) in [7, 11) is 0. The summed E-state index contributed by atoms with van der Waals surface area (Å²) in [5.74, 6) is 0.117. The zero-order valence-electron chi connectivity index (χ0n) is 13.0. The molecule has 0 unspecified atom stereocenters. The summed E-state index contributed by atoms with van der Waals surface area (Å²) >= 11 is 0. The minimum Gasteiger partial charge on any atom is -0.486 e. The van der Waals surface area contributed by atoms with Gasteiger partial charge in [0.05, 0.1) is 5.52 Å². The van der Waals surface area contributed by atoms with Crippen molar-refractivity contribution in [2.45, 2.75) is 0 Å². The van der Waals surface area contributed by atoms with Crippen LogP contribution in [0.25, 0.3) is 10.9 Å². The summed E-state index contributed by atoms with van der Waals surface area (Å²) < 4.78 is 10.8. The Bertz CT molecular complexity index is 966. The van der Waals surface area contributed by atoms with Crippen molar-refractivity contribution in [2.75, 3.05) is 13.2 Å². The molecule has 0 bridgehead atoms. The maximum atomic E-state index is 12.2. The van der Waals surface area contributed by atoms with Crippen molar-refractivity contribution < 1.29 is 19.1 Å². The molecular formula is C17H14N4O4. The Labute approximate surface area is 142 Å². The Morgan fingerprint density at radius 3 is 2.60 bits per heavy atom. The molecule has 8 heteroatoms. The van der Waals surface area contributed by atoms with Crippen molar-refractivity contribution in [3.05, 3.63) is 53.7 Å². The Morgan fingerprint density at radius 1 is 0.960 bits per heavy atom. The standard InChI is InChI=1S/C17H14N4O4/c22-16(10-5-6-13-14(9-10)25-8-7-24-13)20-21-17(23)15-11-3-1-2-4-12(11)18-19-15/h1-6,9H,7-8H2,(H,18,19)(H,20,22)(H,21,23). The average Bonchev–Trinajstić information content (AvgIpc) is 3.09. The van der Waals surface area contributed by atoms with E-state index in [2.05, 4.69) is 21.0 Å². The van der Waals surface area contributed by atoms with Crippen LogP contribution in [-0.4, -0.2) is 35.2 Å². The molecule has 0 fully saturated rings. The van der Waals surface area contributed by atoms with E-state index < -0.39 is 11.8 Å². The molecule has 4 rings (SSSR count). The number of fused-ring (bicyclic) bond motifs is 2. The molecule has 1 aliphatic heterocycles. The molecule has 2 heterocycles. The number of ether oxygens (including phenoxy) is 2. The van der Waals surface area contributed by atoms with E-state index in [4.69, 9.17) is 9.47 Å². The van der Waals surface area contributed by atoms with Crippen molar-refractivity contribution in [3.8, 4) is 11.5 Å². The van der Waals surface area contributed by atoms with E-state index in [1.165, 1.54) is 0 Å². The maximum absolute atomic E-state index is 12.2. The second-order valence-corrected chi connectivity index (χ2v) is 5.38. The largest absolute Gasteiger partial charge is 0.486 e. The first kappa shape index (κ1) is 15.0. The monoisotopic (exact) mass is 338 g/mol. The molecule has 1 aromatic heterocycles. The number of hydrogen-bond acceptors (Lipinski definition) is 5. The summed E-state index contributed by atoms with van der Waals surface area (Å²) in [5.41, 5.74) is 6.02. The number of amides is 2. The van der Waals surface area contributed by atoms with Gasteiger partial charge in [-0.05, 0) is 24.3 Å². The number of benzene rings is 2. The fourth-order valence-electron chi connectivity index (χ4n) is 2.57. The van der Waals surface area contributed by atoms with E-state index in [1.807, 2.05) is 18.2 Å². The van der Waals surface area contributed by atoms with Gasteiger partial charge in [0.25, 0.3) is 11.8 Å². The van der Waals surface area contributed by atoms with E-state index >= 15 is 0 Å². The second-order valence-electron chi connectivity index (χ2n) is 5.38. The Morgan fingerprint density at radius 2 is 1.72 bits per heavy atom. The lowest BCUT2D eigenvalue weighted by Gasteiger charge is -2.18. The molecule has 0 spiro atoms. The Balaban J connectivity index is 1.45. The summed E-state index contributed by atoms with van der Waals surface area (Å²) in [6, 6.07) is 12.1. The molecule has 1 aliphatic rings. The highest BCUT2D eigenvalue weighted by molar-refractivity contribution is 6.05. The summed E-state index contributed by atoms with van der Waals surface area (Å²) in [4.78, 5) is 24.5. The summed E-state index contributed by atoms with van der Waals surface area (Å²) in [6.07, 6.45) is 0. The van der Waals surface area contributed by atoms with Crippen LogP contribution in [0.4, 0.5) is 0 Å². The molecule has 8 nitrogen and oxygen atoms in total. The number of carbonyl (C=O) groups is 2. The van der Waals surface area contributed by atoms with Crippen LogP contribution in [-0.2, 0) is 0 Å². The lowest BCUT2D eigenvalue weighted by atomic mass is 10.2. The summed E-state index contributed by atoms with van der Waals surface area (Å²) in [5, 5.41) is 7.42. The van der Waals surface area contributed by atoms with Gasteiger partial charge in [-0.3, -0.25) is 25.5 Å². The third-order valence-corrected chi connectivity index (χ3v) is 3.78. The molecular weight excluding hydrogens is 324 g/mol. The highest BCUT2D eigenvalue weighted by Gasteiger charge is 2.17. The number of carbonyl (C=O) groups excluding carboxylic acids is 2. The van der Waals surface area contributed by atoms with E-state index in [1.54, 1.807) is 24.3 Å². The van der Waals surface area contributed by atoms with Gasteiger partial charge in [-0.25, -0.2) is 0 Å². The van der Waals surface area contributed by atoms with Gasteiger partial charge >= 0.3 is 0 Å². The fraction of sp³-hybridized carbons (Fsp3) is 0.118. The van der Waals surface area contributed by atoms with Crippen LogP contribution >= 0.6 is 0 Å². The van der Waals surface area contributed by atoms with Crippen molar-refractivity contribution in [2.24, 2.45) is 0 Å². The smallest absolute Gasteiger partial charge is 0.290 e. The van der Waals surface area contributed by atoms with Gasteiger partial charge in [0.2, 0.25) is 0 Å². The minimum atomic E-state index is -0.511. The quantitative estimate of drug-likeness (QED) is 0.613. The van der Waals surface area contributed by atoms with Crippen LogP contribution in [0.5, 0.6) is 11.5 Å². The van der Waals surface area contributed by atoms with Crippen molar-refractivity contribution >= 4 is 22.7 Å². The number of nitrogens with one attached hydrogen (secondary N) is 3. The molecule has 2 amide bonds. The third kappa shape index (κ3) is 2.85. The van der Waals surface area contributed by atoms with E-state index in [9.17, 15) is 9.59 Å². The van der Waals surface area contributed by atoms with Crippen LogP contribution < -0.4 is 20.3 Å².